The molecule has 40 nitrogen and oxygen atoms in total. The van der Waals surface area contributed by atoms with Gasteiger partial charge in [-0.25, -0.2) is 9.59 Å². The number of aliphatic carboxylic acids is 2. The molecule has 86 heavy (non-hydrogen) atoms. The number of carbonyl (C=O) groups excluding carboxylic acids is 2. The van der Waals surface area contributed by atoms with Gasteiger partial charge in [0.1, 0.15) is 159 Å². The molecular formula is C46H74N2O38. The third-order valence-corrected chi connectivity index (χ3v) is 15.3. The first-order valence-corrected chi connectivity index (χ1v) is 26.6. The SMILES string of the molecule is CC(=O)N[C@H]1[C@H](OC[C@H]2O[C@H](O)[C@@H](O[C@@H]3O[C@H](CO)[C@@H](O[C@@H]4O[C@H](CO)[C@H](O)[C@H](O[C@@H]5O[C@H](C(=O)O)[C@@H](O)[C@H](O)[C@H]5O)[C@H]4O)[C@H](O)[C@H]3NC(C)=O)[C@@H](O)[C@@H]2O)O[C@H](CO)[C@@H](O[C@@H]2O[C@H](CO)[C@H](O)[C@H](O[C@@H]3O[C@H](C(=O)O)[C@@H](O)[C@H](O)[C@H]3O)[C@H]2O)[C@@H]1O. The van der Waals surface area contributed by atoms with Crippen LogP contribution in [0.2, 0.25) is 0 Å². The highest BCUT2D eigenvalue weighted by atomic mass is 16.8. The van der Waals surface area contributed by atoms with Crippen LogP contribution >= 0.6 is 0 Å². The molecule has 0 unspecified atom stereocenters. The van der Waals surface area contributed by atoms with E-state index < -0.39 is 272 Å². The lowest BCUT2D eigenvalue weighted by atomic mass is 9.94. The lowest BCUT2D eigenvalue weighted by molar-refractivity contribution is -0.383. The molecule has 7 saturated heterocycles. The van der Waals surface area contributed by atoms with E-state index in [2.05, 4.69) is 10.6 Å². The molecule has 0 spiro atoms. The summed E-state index contributed by atoms with van der Waals surface area (Å²) in [6, 6.07) is -3.56. The predicted molar refractivity (Wildman–Crippen MR) is 256 cm³/mol. The van der Waals surface area contributed by atoms with Gasteiger partial charge in [-0.15, -0.1) is 0 Å². The van der Waals surface area contributed by atoms with Crippen LogP contribution < -0.4 is 10.6 Å². The second kappa shape index (κ2) is 29.7. The summed E-state index contributed by atoms with van der Waals surface area (Å²) in [6.45, 7) is -3.18. The number of amides is 2. The van der Waals surface area contributed by atoms with Gasteiger partial charge in [-0.1, -0.05) is 0 Å². The summed E-state index contributed by atoms with van der Waals surface area (Å²) >= 11 is 0. The Morgan fingerprint density at radius 1 is 0.337 bits per heavy atom. The lowest BCUT2D eigenvalue weighted by Crippen LogP contribution is -2.70. The number of aliphatic hydroxyl groups is 19. The van der Waals surface area contributed by atoms with Gasteiger partial charge in [0, 0.05) is 13.8 Å². The summed E-state index contributed by atoms with van der Waals surface area (Å²) in [7, 11) is 0. The van der Waals surface area contributed by atoms with Crippen LogP contribution in [0.5, 0.6) is 0 Å². The number of carboxylic acids is 2. The molecule has 0 aliphatic carbocycles. The molecule has 2 amide bonds. The van der Waals surface area contributed by atoms with Gasteiger partial charge >= 0.3 is 11.9 Å². The average molecular weight is 1260 g/mol. The number of nitrogens with one attached hydrogen (secondary N) is 2. The Hall–Kier alpha value is -3.40. The zero-order chi connectivity index (χ0) is 63.7. The normalized spacial score (nSPS) is 49.3. The van der Waals surface area contributed by atoms with Gasteiger partial charge in [-0.3, -0.25) is 9.59 Å². The number of ether oxygens (including phenoxy) is 13. The molecule has 7 heterocycles. The third kappa shape index (κ3) is 14.8. The Balaban J connectivity index is 1.00. The van der Waals surface area contributed by atoms with Crippen molar-refractivity contribution < 1.29 is 188 Å². The van der Waals surface area contributed by atoms with Crippen molar-refractivity contribution in [1.29, 1.82) is 0 Å². The number of hydrogen-bond donors (Lipinski definition) is 23. The maximum Gasteiger partial charge on any atom is 0.335 e. The van der Waals surface area contributed by atoms with Gasteiger partial charge in [0.15, 0.2) is 56.2 Å². The number of hydrogen-bond acceptors (Lipinski definition) is 36. The molecule has 0 aromatic rings. The summed E-state index contributed by atoms with van der Waals surface area (Å²) < 4.78 is 72.4. The molecule has 0 radical (unpaired) electrons. The first kappa shape index (κ1) is 70.1. The first-order valence-electron chi connectivity index (χ1n) is 26.6. The van der Waals surface area contributed by atoms with Crippen molar-refractivity contribution in [2.45, 2.75) is 229 Å². The molecule has 0 bridgehead atoms. The Morgan fingerprint density at radius 3 is 1.07 bits per heavy atom. The van der Waals surface area contributed by atoms with Crippen molar-refractivity contribution in [2.24, 2.45) is 0 Å². The summed E-state index contributed by atoms with van der Waals surface area (Å²) in [6.07, 6.45) is -67.9. The fourth-order valence-corrected chi connectivity index (χ4v) is 10.7. The minimum absolute atomic E-state index is 0.853. The molecule has 0 aromatic heterocycles. The van der Waals surface area contributed by atoms with Crippen LogP contribution in [0, 0.1) is 0 Å². The molecule has 7 fully saturated rings. The van der Waals surface area contributed by atoms with E-state index in [1.807, 2.05) is 0 Å². The first-order chi connectivity index (χ1) is 40.5. The molecule has 35 atom stereocenters. The number of carbonyl (C=O) groups is 4. The number of aliphatic hydroxyl groups excluding tert-OH is 19. The van der Waals surface area contributed by atoms with Crippen molar-refractivity contribution >= 4 is 23.8 Å². The molecular weight excluding hydrogens is 1190 g/mol. The van der Waals surface area contributed by atoms with Crippen molar-refractivity contribution in [1.82, 2.24) is 10.6 Å². The Kier molecular flexibility index (Phi) is 24.2. The molecule has 0 aromatic carbocycles. The van der Waals surface area contributed by atoms with E-state index >= 15 is 0 Å². The molecule has 496 valence electrons. The summed E-state index contributed by atoms with van der Waals surface area (Å²) in [4.78, 5) is 48.4. The van der Waals surface area contributed by atoms with Crippen LogP contribution in [-0.2, 0) is 80.8 Å². The largest absolute Gasteiger partial charge is 0.479 e. The molecule has 7 aliphatic rings. The minimum atomic E-state index is -2.29. The molecule has 7 aliphatic heterocycles. The van der Waals surface area contributed by atoms with E-state index in [1.165, 1.54) is 0 Å². The molecule has 40 heteroatoms. The second-order valence-electron chi connectivity index (χ2n) is 21.2. The monoisotopic (exact) mass is 1260 g/mol. The Morgan fingerprint density at radius 2 is 0.686 bits per heavy atom. The average Bonchev–Trinajstić information content (AvgIpc) is 0.879. The highest BCUT2D eigenvalue weighted by molar-refractivity contribution is 5.74. The van der Waals surface area contributed by atoms with Gasteiger partial charge in [-0.05, 0) is 0 Å². The van der Waals surface area contributed by atoms with Crippen molar-refractivity contribution in [3.63, 3.8) is 0 Å². The zero-order valence-electron chi connectivity index (χ0n) is 45.1. The van der Waals surface area contributed by atoms with E-state index in [-0.39, 0.29) is 0 Å². The molecule has 0 saturated carbocycles. The molecule has 23 N–H and O–H groups in total. The molecule has 7 rings (SSSR count). The fourth-order valence-electron chi connectivity index (χ4n) is 10.7. The van der Waals surface area contributed by atoms with Gasteiger partial charge < -0.3 is 179 Å². The smallest absolute Gasteiger partial charge is 0.335 e. The zero-order valence-corrected chi connectivity index (χ0v) is 45.1. The number of carboxylic acid groups (broad SMARTS) is 2. The van der Waals surface area contributed by atoms with Crippen molar-refractivity contribution in [3.8, 4) is 0 Å². The van der Waals surface area contributed by atoms with E-state index in [4.69, 9.17) is 61.6 Å². The van der Waals surface area contributed by atoms with E-state index in [0.29, 0.717) is 0 Å². The fraction of sp³-hybridized carbons (Fsp3) is 0.913. The highest BCUT2D eigenvalue weighted by Gasteiger charge is 2.59. The quantitative estimate of drug-likeness (QED) is 0.0507. The van der Waals surface area contributed by atoms with Crippen LogP contribution in [0.4, 0.5) is 0 Å². The van der Waals surface area contributed by atoms with Crippen LogP contribution in [0.15, 0.2) is 0 Å². The van der Waals surface area contributed by atoms with E-state index in [9.17, 15) is 126 Å². The van der Waals surface area contributed by atoms with Gasteiger partial charge in [0.05, 0.1) is 33.0 Å². The number of rotatable bonds is 21. The maximum atomic E-state index is 12.5. The van der Waals surface area contributed by atoms with Crippen LogP contribution in [0.3, 0.4) is 0 Å². The van der Waals surface area contributed by atoms with Gasteiger partial charge in [-0.2, -0.15) is 0 Å². The highest BCUT2D eigenvalue weighted by Crippen LogP contribution is 2.37. The topological polar surface area (TPSA) is 637 Å². The Bertz CT molecular complexity index is 2230. The van der Waals surface area contributed by atoms with E-state index in [1.54, 1.807) is 0 Å². The third-order valence-electron chi connectivity index (χ3n) is 15.3. The Labute approximate surface area is 483 Å². The second-order valence-corrected chi connectivity index (χ2v) is 21.2. The van der Waals surface area contributed by atoms with Crippen LogP contribution in [0.25, 0.3) is 0 Å². The van der Waals surface area contributed by atoms with E-state index in [0.717, 1.165) is 13.8 Å². The van der Waals surface area contributed by atoms with Gasteiger partial charge in [0.2, 0.25) is 11.8 Å². The van der Waals surface area contributed by atoms with Gasteiger partial charge in [0.25, 0.3) is 0 Å². The maximum absolute atomic E-state index is 12.5. The predicted octanol–water partition coefficient (Wildman–Crippen LogP) is -15.8. The summed E-state index contributed by atoms with van der Waals surface area (Å²) in [5.41, 5.74) is 0. The lowest BCUT2D eigenvalue weighted by Gasteiger charge is -2.50. The van der Waals surface area contributed by atoms with Crippen LogP contribution in [0.1, 0.15) is 13.8 Å². The summed E-state index contributed by atoms with van der Waals surface area (Å²) in [5.74, 6) is -5.37. The standard InChI is InChI=1S/C46H74N2O38/c1-8(53)47-15-20(58)31(80-45-29(67)33(18(56)10(3-49)76-45)82-43-27(65)22(60)25(63)35(84-43)38(69)70)12(5-51)78-41(15)74-7-14-17(55)24(62)37(40(73)75-14)86-42-16(48-9(2)54)21(59)32(13(6-52)79-42)81-46-30(68)34(19(57)11(4-50)77-46)83-44-28(66)23(61)26(64)36(85-44)39(71)72/h10-37,40-46,49-52,55-68,73H,3-7H2,1-2H3,(H,47,53)(H,48,54)(H,69,70)(H,71,72)/t10-,11-,12-,13-,14-,15-,16-,17-,18+,19+,20-,21-,22+,23+,24+,25+,26+,27-,28-,29-,30-,31-,32-,33+,34+,35+,36+,37+,40+,41-,42+,43-,44-,45+,46+/m1/s1. The summed E-state index contributed by atoms with van der Waals surface area (Å²) in [5, 5.41) is 228. The van der Waals surface area contributed by atoms with Crippen molar-refractivity contribution in [2.75, 3.05) is 33.0 Å². The van der Waals surface area contributed by atoms with Crippen LogP contribution in [-0.4, -0.2) is 379 Å². The minimum Gasteiger partial charge on any atom is -0.479 e. The van der Waals surface area contributed by atoms with Crippen molar-refractivity contribution in [3.05, 3.63) is 0 Å².